The van der Waals surface area contributed by atoms with Crippen LogP contribution in [0.2, 0.25) is 0 Å². The van der Waals surface area contributed by atoms with Crippen LogP contribution in [-0.2, 0) is 38.8 Å². The van der Waals surface area contributed by atoms with Gasteiger partial charge in [0.25, 0.3) is 0 Å². The van der Waals surface area contributed by atoms with E-state index in [0.29, 0.717) is 26.4 Å². The molecule has 2 rings (SSSR count). The van der Waals surface area contributed by atoms with Crippen LogP contribution in [0, 0.1) is 28.4 Å². The minimum atomic E-state index is -1.10. The number of imidazole rings is 1. The molecule has 0 saturated carbocycles. The summed E-state index contributed by atoms with van der Waals surface area (Å²) in [6, 6.07) is 2.38. The van der Waals surface area contributed by atoms with E-state index in [2.05, 4.69) is 10.3 Å². The highest BCUT2D eigenvalue weighted by molar-refractivity contribution is 5.94. The Balaban J connectivity index is 1.87. The lowest BCUT2D eigenvalue weighted by Crippen LogP contribution is -2.40. The number of hydrogen-bond donors (Lipinski definition) is 1. The van der Waals surface area contributed by atoms with Gasteiger partial charge in [0.1, 0.15) is 29.3 Å². The van der Waals surface area contributed by atoms with E-state index in [9.17, 15) is 19.6 Å². The molecule has 1 aromatic carbocycles. The van der Waals surface area contributed by atoms with Crippen LogP contribution < -0.4 is 10.2 Å². The molecule has 0 spiro atoms. The van der Waals surface area contributed by atoms with Gasteiger partial charge in [0, 0.05) is 18.5 Å². The maximum Gasteiger partial charge on any atom is 0.510 e. The quantitative estimate of drug-likeness (QED) is 0.136. The number of fused-ring (bicyclic) bond motifs is 1. The van der Waals surface area contributed by atoms with Crippen LogP contribution in [0.25, 0.3) is 11.0 Å². The molecule has 1 heterocycles. The van der Waals surface area contributed by atoms with E-state index in [0.717, 1.165) is 11.0 Å². The molecule has 0 aliphatic heterocycles. The van der Waals surface area contributed by atoms with Crippen molar-refractivity contribution in [1.29, 1.82) is 5.26 Å². The fourth-order valence-corrected chi connectivity index (χ4v) is 4.28. The van der Waals surface area contributed by atoms with E-state index in [1.165, 1.54) is 4.57 Å². The Morgan fingerprint density at radius 2 is 1.47 bits per heavy atom. The predicted molar refractivity (Wildman–Crippen MR) is 175 cm³/mol. The van der Waals surface area contributed by atoms with Gasteiger partial charge < -0.3 is 38.3 Å². The third-order valence-corrected chi connectivity index (χ3v) is 6.23. The molecular weight excluding hydrogens is 648 g/mol. The molecule has 0 atom stereocenters. The molecule has 2 aromatic rings. The lowest BCUT2D eigenvalue weighted by atomic mass is 9.92. The van der Waals surface area contributed by atoms with E-state index < -0.39 is 58.6 Å². The fourth-order valence-electron chi connectivity index (χ4n) is 4.28. The first-order valence-corrected chi connectivity index (χ1v) is 15.9. The largest absolute Gasteiger partial charge is 0.510 e. The molecule has 0 radical (unpaired) electrons. The summed E-state index contributed by atoms with van der Waals surface area (Å²) in [5.41, 5.74) is -3.19. The number of nitrogens with one attached hydrogen (secondary N) is 1. The summed E-state index contributed by atoms with van der Waals surface area (Å²) in [7, 11) is 0. The number of nitriles is 1. The number of alkyl carbamates (subject to hydrolysis) is 1. The molecule has 0 aliphatic rings. The Kier molecular flexibility index (Phi) is 15.2. The SMILES string of the molecule is CC(C)(C)CC(=O)N(COC(=O)OCCOCCOCCOCCNC(=O)OC(C)(C)C)c1nc2c(F)cc(C#N)c(F)c2n1C(C)(C)C. The average molecular weight is 698 g/mol. The molecular formula is C33H49F2N5O9. The monoisotopic (exact) mass is 697 g/mol. The number of amides is 2. The Morgan fingerprint density at radius 3 is 2.00 bits per heavy atom. The van der Waals surface area contributed by atoms with Crippen LogP contribution in [0.15, 0.2) is 6.07 Å². The molecule has 16 heteroatoms. The second-order valence-corrected chi connectivity index (χ2v) is 14.1. The number of rotatable bonds is 16. The fraction of sp³-hybridized carbons (Fsp3) is 0.667. The van der Waals surface area contributed by atoms with Gasteiger partial charge in [0.2, 0.25) is 11.9 Å². The van der Waals surface area contributed by atoms with Crippen LogP contribution in [0.3, 0.4) is 0 Å². The molecule has 274 valence electrons. The van der Waals surface area contributed by atoms with Gasteiger partial charge in [0.05, 0.1) is 45.2 Å². The number of anilines is 1. The van der Waals surface area contributed by atoms with Gasteiger partial charge in [-0.25, -0.2) is 28.3 Å². The topological polar surface area (TPSA) is 163 Å². The molecule has 0 aliphatic carbocycles. The Hall–Kier alpha value is -4.07. The zero-order valence-electron chi connectivity index (χ0n) is 29.9. The van der Waals surface area contributed by atoms with Crippen molar-refractivity contribution in [3.8, 4) is 6.07 Å². The number of ether oxygens (including phenoxy) is 6. The summed E-state index contributed by atoms with van der Waals surface area (Å²) in [6.07, 6.45) is -1.63. The molecule has 1 N–H and O–H groups in total. The lowest BCUT2D eigenvalue weighted by Gasteiger charge is -2.30. The maximum atomic E-state index is 15.4. The lowest BCUT2D eigenvalue weighted by molar-refractivity contribution is -0.121. The molecule has 0 fully saturated rings. The highest BCUT2D eigenvalue weighted by Crippen LogP contribution is 2.35. The van der Waals surface area contributed by atoms with E-state index in [1.54, 1.807) is 47.6 Å². The molecule has 1 aromatic heterocycles. The van der Waals surface area contributed by atoms with Crippen molar-refractivity contribution < 1.29 is 51.6 Å². The van der Waals surface area contributed by atoms with Crippen molar-refractivity contribution in [3.63, 3.8) is 0 Å². The molecule has 0 bridgehead atoms. The molecule has 14 nitrogen and oxygen atoms in total. The van der Waals surface area contributed by atoms with Crippen LogP contribution in [0.5, 0.6) is 0 Å². The van der Waals surface area contributed by atoms with Gasteiger partial charge in [-0.2, -0.15) is 5.26 Å². The number of carbonyl (C=O) groups excluding carboxylic acids is 3. The van der Waals surface area contributed by atoms with Gasteiger partial charge in [-0.15, -0.1) is 0 Å². The van der Waals surface area contributed by atoms with Gasteiger partial charge in [0.15, 0.2) is 18.4 Å². The number of aromatic nitrogens is 2. The number of halogens is 2. The molecule has 49 heavy (non-hydrogen) atoms. The summed E-state index contributed by atoms with van der Waals surface area (Å²) in [6.45, 7) is 16.8. The predicted octanol–water partition coefficient (Wildman–Crippen LogP) is 5.40. The third kappa shape index (κ3) is 13.8. The second kappa shape index (κ2) is 18.1. The first-order chi connectivity index (χ1) is 22.7. The van der Waals surface area contributed by atoms with Crippen molar-refractivity contribution >= 4 is 35.1 Å². The normalized spacial score (nSPS) is 12.0. The number of carbonyl (C=O) groups is 3. The summed E-state index contributed by atoms with van der Waals surface area (Å²) in [5, 5.41) is 11.9. The number of benzene rings is 1. The second-order valence-electron chi connectivity index (χ2n) is 14.1. The molecule has 0 unspecified atom stereocenters. The zero-order chi connectivity index (χ0) is 37.0. The van der Waals surface area contributed by atoms with E-state index in [4.69, 9.17) is 28.4 Å². The minimum Gasteiger partial charge on any atom is -0.444 e. The van der Waals surface area contributed by atoms with Gasteiger partial charge in [-0.3, -0.25) is 4.79 Å². The number of hydrogen-bond acceptors (Lipinski definition) is 11. The number of nitrogens with zero attached hydrogens (tertiary/aromatic N) is 4. The smallest absolute Gasteiger partial charge is 0.444 e. The maximum absolute atomic E-state index is 15.4. The van der Waals surface area contributed by atoms with Gasteiger partial charge in [-0.1, -0.05) is 20.8 Å². The average Bonchev–Trinajstić information content (AvgIpc) is 3.37. The van der Waals surface area contributed by atoms with Crippen LogP contribution >= 0.6 is 0 Å². The first kappa shape index (κ1) is 41.1. The van der Waals surface area contributed by atoms with Gasteiger partial charge >= 0.3 is 12.2 Å². The molecule has 0 saturated heterocycles. The Bertz CT molecular complexity index is 1470. The standard InChI is InChI=1S/C33H49F2N5O9/c1-31(2,3)19-24(41)39(28-38-26-23(34)18-22(20-36)25(35)27(26)40(28)32(4,5)6)21-48-30(43)47-17-16-46-15-14-45-13-12-44-11-10-37-29(42)49-33(7,8)9/h18H,10-17,19,21H2,1-9H3,(H,37,42). The van der Waals surface area contributed by atoms with E-state index in [-0.39, 0.29) is 49.8 Å². The van der Waals surface area contributed by atoms with Crippen LogP contribution in [0.1, 0.15) is 74.3 Å². The Labute approximate surface area is 285 Å². The molecule has 2 amide bonds. The van der Waals surface area contributed by atoms with Crippen molar-refractivity contribution in [1.82, 2.24) is 14.9 Å². The summed E-state index contributed by atoms with van der Waals surface area (Å²) < 4.78 is 63.3. The zero-order valence-corrected chi connectivity index (χ0v) is 29.9. The van der Waals surface area contributed by atoms with Crippen LogP contribution in [0.4, 0.5) is 24.3 Å². The highest BCUT2D eigenvalue weighted by atomic mass is 19.1. The summed E-state index contributed by atoms with van der Waals surface area (Å²) in [5.74, 6) is -2.61. The van der Waals surface area contributed by atoms with Crippen molar-refractivity contribution in [3.05, 3.63) is 23.3 Å². The van der Waals surface area contributed by atoms with Crippen molar-refractivity contribution in [2.75, 3.05) is 64.4 Å². The summed E-state index contributed by atoms with van der Waals surface area (Å²) >= 11 is 0. The van der Waals surface area contributed by atoms with Crippen molar-refractivity contribution in [2.45, 2.75) is 79.9 Å². The van der Waals surface area contributed by atoms with Crippen LogP contribution in [-0.4, -0.2) is 92.8 Å². The highest BCUT2D eigenvalue weighted by Gasteiger charge is 2.34. The first-order valence-electron chi connectivity index (χ1n) is 15.9. The summed E-state index contributed by atoms with van der Waals surface area (Å²) in [4.78, 5) is 42.8. The van der Waals surface area contributed by atoms with Gasteiger partial charge in [-0.05, 0) is 53.0 Å². The third-order valence-electron chi connectivity index (χ3n) is 6.23. The van der Waals surface area contributed by atoms with Crippen molar-refractivity contribution in [2.24, 2.45) is 5.41 Å². The Morgan fingerprint density at radius 1 is 0.898 bits per heavy atom. The minimum absolute atomic E-state index is 0.0134. The van der Waals surface area contributed by atoms with E-state index in [1.807, 2.05) is 20.8 Å². The van der Waals surface area contributed by atoms with E-state index >= 15 is 8.78 Å².